The van der Waals surface area contributed by atoms with Crippen LogP contribution in [0.1, 0.15) is 11.1 Å². The van der Waals surface area contributed by atoms with Crippen molar-refractivity contribution in [1.29, 1.82) is 0 Å². The number of aryl methyl sites for hydroxylation is 1. The molecule has 0 fully saturated rings. The normalized spacial score (nSPS) is 10.4. The van der Waals surface area contributed by atoms with E-state index in [1.165, 1.54) is 23.9 Å². The smallest absolute Gasteiger partial charge is 0.234 e. The molecule has 0 saturated carbocycles. The zero-order chi connectivity index (χ0) is 15.2. The zero-order valence-electron chi connectivity index (χ0n) is 11.5. The number of rotatable bonds is 5. The minimum atomic E-state index is -0.247. The van der Waals surface area contributed by atoms with Crippen LogP contribution in [0.3, 0.4) is 0 Å². The molecule has 2 rings (SSSR count). The molecule has 21 heavy (non-hydrogen) atoms. The molecule has 110 valence electrons. The number of hydrogen-bond donors (Lipinski definition) is 1. The summed E-state index contributed by atoms with van der Waals surface area (Å²) >= 11 is 4.85. The van der Waals surface area contributed by atoms with Gasteiger partial charge in [0.15, 0.2) is 0 Å². The van der Waals surface area contributed by atoms with E-state index in [1.807, 2.05) is 31.2 Å². The zero-order valence-corrected chi connectivity index (χ0v) is 13.9. The lowest BCUT2D eigenvalue weighted by molar-refractivity contribution is -0.113. The van der Waals surface area contributed by atoms with Crippen LogP contribution in [0.5, 0.6) is 0 Å². The van der Waals surface area contributed by atoms with Crippen LogP contribution < -0.4 is 5.32 Å². The van der Waals surface area contributed by atoms with Gasteiger partial charge >= 0.3 is 0 Å². The number of anilines is 1. The van der Waals surface area contributed by atoms with E-state index in [4.69, 9.17) is 0 Å². The van der Waals surface area contributed by atoms with Crippen molar-refractivity contribution in [2.75, 3.05) is 11.1 Å². The first-order valence-electron chi connectivity index (χ1n) is 6.43. The second kappa shape index (κ2) is 7.61. The van der Waals surface area contributed by atoms with E-state index in [1.54, 1.807) is 6.07 Å². The van der Waals surface area contributed by atoms with Crippen LogP contribution in [0, 0.1) is 12.7 Å². The highest BCUT2D eigenvalue weighted by Crippen LogP contribution is 2.20. The van der Waals surface area contributed by atoms with Crippen LogP contribution in [0.15, 0.2) is 46.9 Å². The summed E-state index contributed by atoms with van der Waals surface area (Å²) in [5.74, 6) is 0.654. The van der Waals surface area contributed by atoms with Crippen LogP contribution in [0.4, 0.5) is 10.1 Å². The first-order chi connectivity index (χ1) is 10.0. The molecule has 0 unspecified atom stereocenters. The molecule has 0 atom stereocenters. The van der Waals surface area contributed by atoms with Crippen LogP contribution >= 0.6 is 27.7 Å². The molecule has 0 spiro atoms. The third-order valence-electron chi connectivity index (χ3n) is 2.85. The summed E-state index contributed by atoms with van der Waals surface area (Å²) in [7, 11) is 0. The second-order valence-electron chi connectivity index (χ2n) is 4.63. The molecule has 0 heterocycles. The van der Waals surface area contributed by atoms with Gasteiger partial charge in [-0.2, -0.15) is 0 Å². The van der Waals surface area contributed by atoms with Gasteiger partial charge in [-0.3, -0.25) is 4.79 Å². The fourth-order valence-electron chi connectivity index (χ4n) is 1.84. The Hall–Kier alpha value is -1.33. The minimum absolute atomic E-state index is 0.0539. The lowest BCUT2D eigenvalue weighted by Gasteiger charge is -2.08. The van der Waals surface area contributed by atoms with E-state index >= 15 is 0 Å². The van der Waals surface area contributed by atoms with Crippen LogP contribution in [0.2, 0.25) is 0 Å². The number of nitrogens with one attached hydrogen (secondary N) is 1. The summed E-state index contributed by atoms with van der Waals surface area (Å²) in [6.45, 7) is 1.94. The maximum absolute atomic E-state index is 13.0. The monoisotopic (exact) mass is 367 g/mol. The van der Waals surface area contributed by atoms with Crippen LogP contribution in [-0.4, -0.2) is 11.7 Å². The average Bonchev–Trinajstić information content (AvgIpc) is 2.42. The van der Waals surface area contributed by atoms with Gasteiger partial charge in [0.2, 0.25) is 5.91 Å². The molecule has 1 amide bonds. The van der Waals surface area contributed by atoms with E-state index in [0.29, 0.717) is 11.5 Å². The van der Waals surface area contributed by atoms with Gasteiger partial charge < -0.3 is 5.32 Å². The average molecular weight is 368 g/mol. The first-order valence-corrected chi connectivity index (χ1v) is 8.37. The van der Waals surface area contributed by atoms with Crippen molar-refractivity contribution >= 4 is 39.3 Å². The highest BCUT2D eigenvalue weighted by atomic mass is 79.9. The number of hydrogen-bond acceptors (Lipinski definition) is 2. The lowest BCUT2D eigenvalue weighted by Crippen LogP contribution is -2.14. The summed E-state index contributed by atoms with van der Waals surface area (Å²) in [5.41, 5.74) is 2.70. The molecule has 0 aliphatic carbocycles. The molecule has 0 aliphatic heterocycles. The van der Waals surface area contributed by atoms with E-state index in [9.17, 15) is 9.18 Å². The molecular weight excluding hydrogens is 353 g/mol. The Bertz CT molecular complexity index is 648. The highest BCUT2D eigenvalue weighted by molar-refractivity contribution is 9.10. The van der Waals surface area contributed by atoms with Crippen molar-refractivity contribution in [3.05, 3.63) is 63.9 Å². The lowest BCUT2D eigenvalue weighted by atomic mass is 10.2. The van der Waals surface area contributed by atoms with E-state index < -0.39 is 0 Å². The number of carbonyl (C=O) groups is 1. The Labute approximate surface area is 136 Å². The molecule has 2 nitrogen and oxygen atoms in total. The van der Waals surface area contributed by atoms with Gasteiger partial charge in [0.1, 0.15) is 5.82 Å². The number of halogens is 2. The van der Waals surface area contributed by atoms with Crippen molar-refractivity contribution in [2.45, 2.75) is 12.7 Å². The Morgan fingerprint density at radius 2 is 2.10 bits per heavy atom. The van der Waals surface area contributed by atoms with E-state index in [-0.39, 0.29) is 11.7 Å². The molecule has 0 saturated heterocycles. The van der Waals surface area contributed by atoms with Crippen molar-refractivity contribution in [3.63, 3.8) is 0 Å². The standard InChI is InChI=1S/C16H15BrFNOS/c1-11-7-13(17)5-6-15(11)19-16(20)10-21-9-12-3-2-4-14(18)8-12/h2-8H,9-10H2,1H3,(H,19,20). The predicted octanol–water partition coefficient (Wildman–Crippen LogP) is 4.77. The topological polar surface area (TPSA) is 29.1 Å². The predicted molar refractivity (Wildman–Crippen MR) is 90.1 cm³/mol. The molecule has 1 N–H and O–H groups in total. The van der Waals surface area contributed by atoms with Crippen molar-refractivity contribution < 1.29 is 9.18 Å². The minimum Gasteiger partial charge on any atom is -0.325 e. The van der Waals surface area contributed by atoms with Gasteiger partial charge in [-0.1, -0.05) is 28.1 Å². The molecule has 0 aliphatic rings. The number of carbonyl (C=O) groups excluding carboxylic acids is 1. The van der Waals surface area contributed by atoms with Gasteiger partial charge in [-0.25, -0.2) is 4.39 Å². The summed E-state index contributed by atoms with van der Waals surface area (Å²) in [6.07, 6.45) is 0. The molecule has 0 aromatic heterocycles. The van der Waals surface area contributed by atoms with E-state index in [0.717, 1.165) is 21.3 Å². The summed E-state index contributed by atoms with van der Waals surface area (Å²) < 4.78 is 14.0. The largest absolute Gasteiger partial charge is 0.325 e. The molecular formula is C16H15BrFNOS. The SMILES string of the molecule is Cc1cc(Br)ccc1NC(=O)CSCc1cccc(F)c1. The summed E-state index contributed by atoms with van der Waals surface area (Å²) in [5, 5.41) is 2.88. The Morgan fingerprint density at radius 1 is 1.29 bits per heavy atom. The molecule has 2 aromatic rings. The second-order valence-corrected chi connectivity index (χ2v) is 6.53. The van der Waals surface area contributed by atoms with Gasteiger partial charge in [0.05, 0.1) is 5.75 Å². The van der Waals surface area contributed by atoms with Crippen molar-refractivity contribution in [3.8, 4) is 0 Å². The highest BCUT2D eigenvalue weighted by Gasteiger charge is 2.06. The molecule has 0 radical (unpaired) electrons. The summed E-state index contributed by atoms with van der Waals surface area (Å²) in [4.78, 5) is 11.9. The fraction of sp³-hybridized carbons (Fsp3) is 0.188. The third kappa shape index (κ3) is 5.17. The van der Waals surface area contributed by atoms with Gasteiger partial charge in [-0.05, 0) is 48.4 Å². The Morgan fingerprint density at radius 3 is 2.81 bits per heavy atom. The van der Waals surface area contributed by atoms with E-state index in [2.05, 4.69) is 21.2 Å². The van der Waals surface area contributed by atoms with Gasteiger partial charge in [0.25, 0.3) is 0 Å². The van der Waals surface area contributed by atoms with Crippen LogP contribution in [0.25, 0.3) is 0 Å². The first kappa shape index (κ1) is 16.0. The Kier molecular flexibility index (Phi) is 5.82. The van der Waals surface area contributed by atoms with Gasteiger partial charge in [0, 0.05) is 15.9 Å². The molecule has 0 bridgehead atoms. The van der Waals surface area contributed by atoms with Crippen molar-refractivity contribution in [2.24, 2.45) is 0 Å². The van der Waals surface area contributed by atoms with Gasteiger partial charge in [-0.15, -0.1) is 11.8 Å². The quantitative estimate of drug-likeness (QED) is 0.824. The number of amides is 1. The maximum atomic E-state index is 13.0. The summed E-state index contributed by atoms with van der Waals surface area (Å²) in [6, 6.07) is 12.1. The van der Waals surface area contributed by atoms with Crippen molar-refractivity contribution in [1.82, 2.24) is 0 Å². The number of benzene rings is 2. The Balaban J connectivity index is 1.82. The third-order valence-corrected chi connectivity index (χ3v) is 4.35. The molecule has 5 heteroatoms. The van der Waals surface area contributed by atoms with Crippen LogP contribution in [-0.2, 0) is 10.5 Å². The molecule has 2 aromatic carbocycles. The maximum Gasteiger partial charge on any atom is 0.234 e. The number of thioether (sulfide) groups is 1. The fourth-order valence-corrected chi connectivity index (χ4v) is 3.09.